The first-order valence-corrected chi connectivity index (χ1v) is 4.37. The van der Waals surface area contributed by atoms with E-state index in [2.05, 4.69) is 15.5 Å². The van der Waals surface area contributed by atoms with Gasteiger partial charge in [0, 0.05) is 0 Å². The molecule has 2 rings (SSSR count). The van der Waals surface area contributed by atoms with Crippen LogP contribution in [0.5, 0.6) is 0 Å². The zero-order valence-electron chi connectivity index (χ0n) is 8.08. The average molecular weight is 221 g/mol. The second-order valence-electron chi connectivity index (χ2n) is 3.01. The van der Waals surface area contributed by atoms with Crippen LogP contribution in [-0.2, 0) is 0 Å². The SMILES string of the molecule is NC(=NO)c1cn(-c2cccc(F)c2)nn1. The highest BCUT2D eigenvalue weighted by molar-refractivity contribution is 5.94. The number of oxime groups is 1. The molecule has 0 radical (unpaired) electrons. The van der Waals surface area contributed by atoms with E-state index in [1.54, 1.807) is 12.1 Å². The Morgan fingerprint density at radius 2 is 2.31 bits per heavy atom. The van der Waals surface area contributed by atoms with Crippen molar-refractivity contribution < 1.29 is 9.60 Å². The molecule has 0 saturated heterocycles. The summed E-state index contributed by atoms with van der Waals surface area (Å²) in [6.45, 7) is 0. The Morgan fingerprint density at radius 3 is 3.00 bits per heavy atom. The van der Waals surface area contributed by atoms with E-state index in [1.807, 2.05) is 0 Å². The third-order valence-electron chi connectivity index (χ3n) is 1.94. The molecule has 82 valence electrons. The first-order valence-electron chi connectivity index (χ1n) is 4.37. The van der Waals surface area contributed by atoms with Gasteiger partial charge in [0.25, 0.3) is 0 Å². The fraction of sp³-hybridized carbons (Fsp3) is 0. The lowest BCUT2D eigenvalue weighted by Crippen LogP contribution is -2.13. The van der Waals surface area contributed by atoms with Gasteiger partial charge in [0.05, 0.1) is 11.9 Å². The summed E-state index contributed by atoms with van der Waals surface area (Å²) in [6.07, 6.45) is 1.43. The highest BCUT2D eigenvalue weighted by atomic mass is 19.1. The van der Waals surface area contributed by atoms with E-state index in [1.165, 1.54) is 23.0 Å². The summed E-state index contributed by atoms with van der Waals surface area (Å²) < 4.78 is 14.3. The van der Waals surface area contributed by atoms with Crippen molar-refractivity contribution in [3.63, 3.8) is 0 Å². The molecule has 1 aromatic heterocycles. The molecule has 0 aliphatic heterocycles. The van der Waals surface area contributed by atoms with Crippen LogP contribution in [0.1, 0.15) is 5.69 Å². The Morgan fingerprint density at radius 1 is 1.50 bits per heavy atom. The summed E-state index contributed by atoms with van der Waals surface area (Å²) in [5.74, 6) is -0.527. The number of nitrogens with two attached hydrogens (primary N) is 1. The molecule has 0 fully saturated rings. The van der Waals surface area contributed by atoms with Crippen LogP contribution in [0.4, 0.5) is 4.39 Å². The van der Waals surface area contributed by atoms with Gasteiger partial charge in [-0.15, -0.1) is 5.10 Å². The van der Waals surface area contributed by atoms with Gasteiger partial charge in [0.1, 0.15) is 5.82 Å². The number of rotatable bonds is 2. The minimum absolute atomic E-state index is 0.150. The lowest BCUT2D eigenvalue weighted by Gasteiger charge is -1.98. The predicted octanol–water partition coefficient (Wildman–Crippen LogP) is 0.501. The van der Waals surface area contributed by atoms with Crippen LogP contribution in [0.2, 0.25) is 0 Å². The van der Waals surface area contributed by atoms with Gasteiger partial charge in [-0.2, -0.15) is 0 Å². The van der Waals surface area contributed by atoms with Crippen molar-refractivity contribution >= 4 is 5.84 Å². The molecule has 1 aromatic carbocycles. The maximum absolute atomic E-state index is 12.9. The van der Waals surface area contributed by atoms with Gasteiger partial charge >= 0.3 is 0 Å². The van der Waals surface area contributed by atoms with Gasteiger partial charge in [-0.25, -0.2) is 9.07 Å². The first kappa shape index (κ1) is 10.1. The summed E-state index contributed by atoms with van der Waals surface area (Å²) in [5, 5.41) is 18.6. The minimum Gasteiger partial charge on any atom is -0.409 e. The fourth-order valence-corrected chi connectivity index (χ4v) is 1.18. The average Bonchev–Trinajstić information content (AvgIpc) is 2.77. The zero-order chi connectivity index (χ0) is 11.5. The molecule has 0 saturated carbocycles. The third kappa shape index (κ3) is 1.83. The molecule has 0 spiro atoms. The normalized spacial score (nSPS) is 11.7. The molecule has 16 heavy (non-hydrogen) atoms. The van der Waals surface area contributed by atoms with Crippen molar-refractivity contribution in [1.29, 1.82) is 0 Å². The van der Waals surface area contributed by atoms with Gasteiger partial charge in [-0.05, 0) is 18.2 Å². The molecule has 0 amide bonds. The van der Waals surface area contributed by atoms with Crippen LogP contribution >= 0.6 is 0 Å². The highest BCUT2D eigenvalue weighted by Gasteiger charge is 2.06. The van der Waals surface area contributed by atoms with E-state index >= 15 is 0 Å². The molecule has 6 nitrogen and oxygen atoms in total. The van der Waals surface area contributed by atoms with E-state index in [-0.39, 0.29) is 17.3 Å². The zero-order valence-corrected chi connectivity index (χ0v) is 8.08. The molecule has 0 aliphatic rings. The van der Waals surface area contributed by atoms with Crippen LogP contribution in [0.15, 0.2) is 35.6 Å². The van der Waals surface area contributed by atoms with E-state index in [9.17, 15) is 4.39 Å². The number of nitrogens with zero attached hydrogens (tertiary/aromatic N) is 4. The molecule has 0 atom stereocenters. The van der Waals surface area contributed by atoms with Gasteiger partial charge in [-0.1, -0.05) is 16.4 Å². The maximum atomic E-state index is 12.9. The van der Waals surface area contributed by atoms with Crippen molar-refractivity contribution in [2.75, 3.05) is 0 Å². The highest BCUT2D eigenvalue weighted by Crippen LogP contribution is 2.08. The van der Waals surface area contributed by atoms with E-state index < -0.39 is 0 Å². The summed E-state index contributed by atoms with van der Waals surface area (Å²) in [5.41, 5.74) is 6.04. The van der Waals surface area contributed by atoms with Gasteiger partial charge in [0.15, 0.2) is 11.5 Å². The van der Waals surface area contributed by atoms with Crippen LogP contribution in [0, 0.1) is 5.82 Å². The molecular formula is C9H8FN5O. The molecule has 0 bridgehead atoms. The van der Waals surface area contributed by atoms with Crippen molar-refractivity contribution in [1.82, 2.24) is 15.0 Å². The monoisotopic (exact) mass is 221 g/mol. The van der Waals surface area contributed by atoms with Crippen molar-refractivity contribution in [3.05, 3.63) is 42.0 Å². The smallest absolute Gasteiger partial charge is 0.192 e. The summed E-state index contributed by atoms with van der Waals surface area (Å²) >= 11 is 0. The molecular weight excluding hydrogens is 213 g/mol. The van der Waals surface area contributed by atoms with E-state index in [0.29, 0.717) is 5.69 Å². The van der Waals surface area contributed by atoms with Crippen molar-refractivity contribution in [2.24, 2.45) is 10.9 Å². The van der Waals surface area contributed by atoms with Crippen LogP contribution in [0.25, 0.3) is 5.69 Å². The Hall–Kier alpha value is -2.44. The molecule has 3 N–H and O–H groups in total. The van der Waals surface area contributed by atoms with E-state index in [4.69, 9.17) is 10.9 Å². The Labute approximate surface area is 89.8 Å². The number of halogens is 1. The number of hydrogen-bond donors (Lipinski definition) is 2. The molecule has 1 heterocycles. The number of aromatic nitrogens is 3. The quantitative estimate of drug-likeness (QED) is 0.334. The molecule has 7 heteroatoms. The van der Waals surface area contributed by atoms with Crippen molar-refractivity contribution in [3.8, 4) is 5.69 Å². The van der Waals surface area contributed by atoms with Crippen LogP contribution < -0.4 is 5.73 Å². The van der Waals surface area contributed by atoms with E-state index in [0.717, 1.165) is 0 Å². The van der Waals surface area contributed by atoms with Gasteiger partial charge in [-0.3, -0.25) is 0 Å². The number of hydrogen-bond acceptors (Lipinski definition) is 4. The predicted molar refractivity (Wildman–Crippen MR) is 53.8 cm³/mol. The summed E-state index contributed by atoms with van der Waals surface area (Å²) in [4.78, 5) is 0. The first-order chi connectivity index (χ1) is 7.70. The lowest BCUT2D eigenvalue weighted by atomic mass is 10.3. The molecule has 0 aliphatic carbocycles. The fourth-order valence-electron chi connectivity index (χ4n) is 1.18. The minimum atomic E-state index is -0.377. The van der Waals surface area contributed by atoms with Gasteiger partial charge < -0.3 is 10.9 Å². The van der Waals surface area contributed by atoms with Crippen LogP contribution in [-0.4, -0.2) is 26.0 Å². The number of benzene rings is 1. The second kappa shape index (κ2) is 3.97. The second-order valence-corrected chi connectivity index (χ2v) is 3.01. The molecule has 2 aromatic rings. The summed E-state index contributed by atoms with van der Waals surface area (Å²) in [6, 6.07) is 5.83. The topological polar surface area (TPSA) is 89.3 Å². The lowest BCUT2D eigenvalue weighted by molar-refractivity contribution is 0.318. The summed E-state index contributed by atoms with van der Waals surface area (Å²) in [7, 11) is 0. The Balaban J connectivity index is 2.39. The van der Waals surface area contributed by atoms with Crippen molar-refractivity contribution in [2.45, 2.75) is 0 Å². The Bertz CT molecular complexity index is 536. The van der Waals surface area contributed by atoms with Crippen LogP contribution in [0.3, 0.4) is 0 Å². The maximum Gasteiger partial charge on any atom is 0.192 e. The largest absolute Gasteiger partial charge is 0.409 e. The molecule has 0 unspecified atom stereocenters. The standard InChI is InChI=1S/C9H8FN5O/c10-6-2-1-3-7(4-6)15-5-8(12-14-15)9(11)13-16/h1-5,16H,(H2,11,13). The Kier molecular flexibility index (Phi) is 2.50. The number of amidine groups is 1. The van der Waals surface area contributed by atoms with Gasteiger partial charge in [0.2, 0.25) is 0 Å². The third-order valence-corrected chi connectivity index (χ3v) is 1.94.